The van der Waals surface area contributed by atoms with Crippen LogP contribution in [0.15, 0.2) is 0 Å². The third kappa shape index (κ3) is 1.59. The maximum absolute atomic E-state index is 13.4. The van der Waals surface area contributed by atoms with Gasteiger partial charge in [-0.05, 0) is 98.7 Å². The molecule has 0 spiro atoms. The minimum atomic E-state index is -0.356. The normalized spacial score (nSPS) is 59.9. The standard InChI is InChI=1S/C24H34O4/c1-23(21(25)27-3)17-11-7-5-9-13(11)19-15(17)16-18(23)12-8-6-10-14(12)20(16)24(19,2)22(26)28-4/h11-20H,5-10H2,1-4H3/t11-,12-,13-,14+,15?,16?,17+,18-,19-,20-,23?,24?/m1/s1. The Morgan fingerprint density at radius 3 is 1.18 bits per heavy atom. The van der Waals surface area contributed by atoms with Crippen molar-refractivity contribution in [3.8, 4) is 0 Å². The summed E-state index contributed by atoms with van der Waals surface area (Å²) in [6.07, 6.45) is 7.40. The molecule has 0 aromatic heterocycles. The lowest BCUT2D eigenvalue weighted by atomic mass is 9.63. The molecule has 4 nitrogen and oxygen atoms in total. The SMILES string of the molecule is COC(=O)C1(C)[C@@H]2C3C4[C@H]1[C@@H]1CCC[C@@H]1[C@H]4C(C)(C(=O)OC)[C@@H]3[C@@H]1CCC[C@H]12. The zero-order chi connectivity index (χ0) is 19.6. The molecule has 0 heterocycles. The summed E-state index contributed by atoms with van der Waals surface area (Å²) in [5.74, 6) is 5.10. The predicted molar refractivity (Wildman–Crippen MR) is 103 cm³/mol. The first kappa shape index (κ1) is 17.8. The summed E-state index contributed by atoms with van der Waals surface area (Å²) in [6, 6.07) is 0. The van der Waals surface area contributed by atoms with Gasteiger partial charge in [-0.25, -0.2) is 0 Å². The van der Waals surface area contributed by atoms with E-state index < -0.39 is 0 Å². The van der Waals surface area contributed by atoms with E-state index in [4.69, 9.17) is 9.47 Å². The first-order chi connectivity index (χ1) is 13.4. The molecule has 12 atom stereocenters. The van der Waals surface area contributed by atoms with Gasteiger partial charge in [-0.15, -0.1) is 0 Å². The van der Waals surface area contributed by atoms with Gasteiger partial charge in [0.1, 0.15) is 0 Å². The number of methoxy groups -OCH3 is 2. The van der Waals surface area contributed by atoms with Gasteiger partial charge in [-0.2, -0.15) is 0 Å². The Morgan fingerprint density at radius 1 is 0.643 bits per heavy atom. The van der Waals surface area contributed by atoms with E-state index in [1.807, 2.05) is 0 Å². The molecule has 0 aromatic rings. The Morgan fingerprint density at radius 2 is 0.929 bits per heavy atom. The van der Waals surface area contributed by atoms with Crippen molar-refractivity contribution >= 4 is 11.9 Å². The van der Waals surface area contributed by atoms with E-state index in [-0.39, 0.29) is 22.8 Å². The van der Waals surface area contributed by atoms with Gasteiger partial charge in [0, 0.05) is 0 Å². The number of hydrogen-bond donors (Lipinski definition) is 0. The smallest absolute Gasteiger partial charge is 0.312 e. The lowest BCUT2D eigenvalue weighted by molar-refractivity contribution is -0.160. The highest BCUT2D eigenvalue weighted by atomic mass is 16.5. The van der Waals surface area contributed by atoms with E-state index in [0.717, 1.165) is 0 Å². The van der Waals surface area contributed by atoms with Crippen LogP contribution in [0.4, 0.5) is 0 Å². The van der Waals surface area contributed by atoms with Gasteiger partial charge in [0.15, 0.2) is 0 Å². The van der Waals surface area contributed by atoms with Crippen LogP contribution in [0.3, 0.4) is 0 Å². The summed E-state index contributed by atoms with van der Waals surface area (Å²) < 4.78 is 11.0. The van der Waals surface area contributed by atoms with E-state index in [1.54, 1.807) is 14.2 Å². The van der Waals surface area contributed by atoms with Crippen LogP contribution >= 0.6 is 0 Å². The number of rotatable bonds is 2. The second-order valence-corrected chi connectivity index (χ2v) is 11.3. The average molecular weight is 387 g/mol. The average Bonchev–Trinajstić information content (AvgIpc) is 3.45. The van der Waals surface area contributed by atoms with Gasteiger partial charge in [0.2, 0.25) is 0 Å². The van der Waals surface area contributed by atoms with Crippen molar-refractivity contribution in [3.63, 3.8) is 0 Å². The molecule has 4 heteroatoms. The fraction of sp³-hybridized carbons (Fsp3) is 0.917. The zero-order valence-electron chi connectivity index (χ0n) is 17.6. The van der Waals surface area contributed by atoms with Crippen LogP contribution < -0.4 is 0 Å². The summed E-state index contributed by atoms with van der Waals surface area (Å²) >= 11 is 0. The predicted octanol–water partition coefficient (Wildman–Crippen LogP) is 3.93. The molecule has 154 valence electrons. The highest BCUT2D eigenvalue weighted by molar-refractivity contribution is 5.81. The van der Waals surface area contributed by atoms with Crippen LogP contribution in [0.1, 0.15) is 52.4 Å². The van der Waals surface area contributed by atoms with Gasteiger partial charge in [0.25, 0.3) is 0 Å². The Balaban J connectivity index is 1.59. The summed E-state index contributed by atoms with van der Waals surface area (Å²) in [6.45, 7) is 4.52. The maximum atomic E-state index is 13.4. The molecule has 6 rings (SSSR count). The van der Waals surface area contributed by atoms with Gasteiger partial charge >= 0.3 is 11.9 Å². The Labute approximate surface area is 168 Å². The lowest BCUT2D eigenvalue weighted by Crippen LogP contribution is -2.44. The highest BCUT2D eigenvalue weighted by Gasteiger charge is 2.84. The van der Waals surface area contributed by atoms with Gasteiger partial charge in [-0.3, -0.25) is 9.59 Å². The number of fused-ring (bicyclic) bond motifs is 6. The zero-order valence-corrected chi connectivity index (χ0v) is 17.6. The quantitative estimate of drug-likeness (QED) is 0.675. The molecular formula is C24H34O4. The minimum absolute atomic E-state index is 0.0364. The van der Waals surface area contributed by atoms with E-state index >= 15 is 0 Å². The summed E-state index contributed by atoms with van der Waals surface area (Å²) in [7, 11) is 3.16. The molecule has 0 saturated heterocycles. The first-order valence-electron chi connectivity index (χ1n) is 11.6. The van der Waals surface area contributed by atoms with Crippen molar-refractivity contribution in [2.75, 3.05) is 14.2 Å². The fourth-order valence-corrected chi connectivity index (χ4v) is 11.2. The van der Waals surface area contributed by atoms with Gasteiger partial charge in [-0.1, -0.05) is 12.8 Å². The number of esters is 2. The Kier molecular flexibility index (Phi) is 3.39. The molecule has 0 aliphatic heterocycles. The first-order valence-corrected chi connectivity index (χ1v) is 11.6. The lowest BCUT2D eigenvalue weighted by Gasteiger charge is -2.40. The van der Waals surface area contributed by atoms with E-state index in [9.17, 15) is 9.59 Å². The third-order valence-corrected chi connectivity index (χ3v) is 11.2. The van der Waals surface area contributed by atoms with Crippen molar-refractivity contribution in [1.82, 2.24) is 0 Å². The highest BCUT2D eigenvalue weighted by Crippen LogP contribution is 2.84. The van der Waals surface area contributed by atoms with Crippen molar-refractivity contribution in [3.05, 3.63) is 0 Å². The molecule has 0 aromatic carbocycles. The van der Waals surface area contributed by atoms with Crippen LogP contribution in [0.2, 0.25) is 0 Å². The Hall–Kier alpha value is -1.06. The van der Waals surface area contributed by atoms with Crippen LogP contribution in [0, 0.1) is 70.0 Å². The van der Waals surface area contributed by atoms with Crippen molar-refractivity contribution in [1.29, 1.82) is 0 Å². The van der Waals surface area contributed by atoms with E-state index in [2.05, 4.69) is 13.8 Å². The molecule has 0 N–H and O–H groups in total. The monoisotopic (exact) mass is 386 g/mol. The Bertz CT molecular complexity index is 645. The second-order valence-electron chi connectivity index (χ2n) is 11.3. The third-order valence-electron chi connectivity index (χ3n) is 11.2. The topological polar surface area (TPSA) is 52.6 Å². The van der Waals surface area contributed by atoms with Crippen LogP contribution in [-0.2, 0) is 19.1 Å². The number of ether oxygens (including phenoxy) is 2. The summed E-state index contributed by atoms with van der Waals surface area (Å²) in [5, 5.41) is 0. The molecule has 6 saturated carbocycles. The molecule has 6 aliphatic carbocycles. The van der Waals surface area contributed by atoms with E-state index in [1.165, 1.54) is 38.5 Å². The molecule has 4 unspecified atom stereocenters. The summed E-state index contributed by atoms with van der Waals surface area (Å²) in [4.78, 5) is 26.7. The molecule has 0 bridgehead atoms. The van der Waals surface area contributed by atoms with Gasteiger partial charge in [0.05, 0.1) is 25.0 Å². The molecule has 6 fully saturated rings. The van der Waals surface area contributed by atoms with Crippen LogP contribution in [0.25, 0.3) is 0 Å². The molecule has 0 amide bonds. The molecule has 28 heavy (non-hydrogen) atoms. The summed E-state index contributed by atoms with van der Waals surface area (Å²) in [5.41, 5.74) is -0.711. The van der Waals surface area contributed by atoms with Crippen molar-refractivity contribution in [2.45, 2.75) is 52.4 Å². The number of carbonyl (C=O) groups excluding carboxylic acids is 2. The largest absolute Gasteiger partial charge is 0.469 e. The second kappa shape index (κ2) is 5.35. The minimum Gasteiger partial charge on any atom is -0.469 e. The molecule has 6 aliphatic rings. The molecular weight excluding hydrogens is 352 g/mol. The van der Waals surface area contributed by atoms with Crippen molar-refractivity contribution in [2.24, 2.45) is 70.0 Å². The van der Waals surface area contributed by atoms with E-state index in [0.29, 0.717) is 59.2 Å². The number of hydrogen-bond acceptors (Lipinski definition) is 4. The van der Waals surface area contributed by atoms with Crippen LogP contribution in [0.5, 0.6) is 0 Å². The number of carbonyl (C=O) groups is 2. The van der Waals surface area contributed by atoms with Crippen LogP contribution in [-0.4, -0.2) is 26.2 Å². The maximum Gasteiger partial charge on any atom is 0.312 e. The fourth-order valence-electron chi connectivity index (χ4n) is 11.2. The molecule has 0 radical (unpaired) electrons. The van der Waals surface area contributed by atoms with Crippen molar-refractivity contribution < 1.29 is 19.1 Å². The van der Waals surface area contributed by atoms with Gasteiger partial charge < -0.3 is 9.47 Å².